The van der Waals surface area contributed by atoms with Crippen LogP contribution in [0.5, 0.6) is 0 Å². The lowest BCUT2D eigenvalue weighted by Crippen LogP contribution is -2.27. The van der Waals surface area contributed by atoms with Gasteiger partial charge in [0.2, 0.25) is 5.91 Å². The van der Waals surface area contributed by atoms with Gasteiger partial charge in [-0.3, -0.25) is 9.59 Å². The first kappa shape index (κ1) is 10.7. The van der Waals surface area contributed by atoms with Gasteiger partial charge in [-0.1, -0.05) is 13.5 Å². The highest BCUT2D eigenvalue weighted by Crippen LogP contribution is 1.98. The maximum absolute atomic E-state index is 10.6. The Morgan fingerprint density at radius 2 is 2.25 bits per heavy atom. The third-order valence-electron chi connectivity index (χ3n) is 1.33. The van der Waals surface area contributed by atoms with Gasteiger partial charge in [0.15, 0.2) is 0 Å². The zero-order valence-electron chi connectivity index (χ0n) is 7.04. The van der Waals surface area contributed by atoms with E-state index in [4.69, 9.17) is 5.11 Å². The first-order chi connectivity index (χ1) is 5.56. The molecule has 4 heteroatoms. The molecule has 1 atom stereocenters. The molecule has 0 heterocycles. The zero-order chi connectivity index (χ0) is 9.56. The van der Waals surface area contributed by atoms with E-state index in [-0.39, 0.29) is 18.2 Å². The second-order valence-corrected chi connectivity index (χ2v) is 2.65. The predicted octanol–water partition coefficient (Wildman–Crippen LogP) is 0.399. The second kappa shape index (κ2) is 5.35. The summed E-state index contributed by atoms with van der Waals surface area (Å²) in [6, 6.07) is 0. The number of carboxylic acids is 1. The molecule has 12 heavy (non-hydrogen) atoms. The van der Waals surface area contributed by atoms with E-state index in [0.717, 1.165) is 6.08 Å². The number of aliphatic carboxylic acids is 1. The minimum atomic E-state index is -0.852. The van der Waals surface area contributed by atoms with Gasteiger partial charge in [0.25, 0.3) is 0 Å². The smallest absolute Gasteiger partial charge is 0.303 e. The van der Waals surface area contributed by atoms with Gasteiger partial charge in [0, 0.05) is 13.0 Å². The molecule has 0 aliphatic rings. The molecule has 1 unspecified atom stereocenters. The van der Waals surface area contributed by atoms with Crippen LogP contribution >= 0.6 is 0 Å². The van der Waals surface area contributed by atoms with Crippen LogP contribution < -0.4 is 5.32 Å². The van der Waals surface area contributed by atoms with Crippen molar-refractivity contribution < 1.29 is 14.7 Å². The quantitative estimate of drug-likeness (QED) is 0.588. The number of amides is 1. The molecular formula is C8H13NO3. The average Bonchev–Trinajstić information content (AvgIpc) is 1.99. The summed E-state index contributed by atoms with van der Waals surface area (Å²) in [7, 11) is 0. The molecule has 0 saturated carbocycles. The van der Waals surface area contributed by atoms with Gasteiger partial charge in [0.05, 0.1) is 0 Å². The zero-order valence-corrected chi connectivity index (χ0v) is 7.04. The molecule has 0 spiro atoms. The first-order valence-corrected chi connectivity index (χ1v) is 3.68. The molecule has 0 bridgehead atoms. The standard InChI is InChI=1S/C8H13NO3/c1-3-7(10)9-5-6(2)4-8(11)12/h3,6H,1,4-5H2,2H3,(H,9,10)(H,11,12). The van der Waals surface area contributed by atoms with E-state index in [0.29, 0.717) is 6.54 Å². The molecule has 0 aromatic heterocycles. The van der Waals surface area contributed by atoms with Crippen molar-refractivity contribution in [2.45, 2.75) is 13.3 Å². The van der Waals surface area contributed by atoms with E-state index >= 15 is 0 Å². The lowest BCUT2D eigenvalue weighted by Gasteiger charge is -2.07. The lowest BCUT2D eigenvalue weighted by atomic mass is 10.1. The van der Waals surface area contributed by atoms with Gasteiger partial charge in [-0.15, -0.1) is 0 Å². The topological polar surface area (TPSA) is 66.4 Å². The Kier molecular flexibility index (Phi) is 4.76. The molecule has 0 fully saturated rings. The largest absolute Gasteiger partial charge is 0.481 e. The predicted molar refractivity (Wildman–Crippen MR) is 44.6 cm³/mol. The molecule has 0 aliphatic carbocycles. The summed E-state index contributed by atoms with van der Waals surface area (Å²) in [5.74, 6) is -1.17. The van der Waals surface area contributed by atoms with Crippen molar-refractivity contribution in [2.75, 3.05) is 6.54 Å². The fourth-order valence-electron chi connectivity index (χ4n) is 0.717. The minimum absolute atomic E-state index is 0.0496. The summed E-state index contributed by atoms with van der Waals surface area (Å²) in [6.45, 7) is 5.40. The van der Waals surface area contributed by atoms with E-state index in [1.165, 1.54) is 0 Å². The fraction of sp³-hybridized carbons (Fsp3) is 0.500. The van der Waals surface area contributed by atoms with E-state index < -0.39 is 5.97 Å². The van der Waals surface area contributed by atoms with Crippen LogP contribution in [0.25, 0.3) is 0 Å². The Morgan fingerprint density at radius 3 is 2.67 bits per heavy atom. The summed E-state index contributed by atoms with van der Waals surface area (Å²) in [5.41, 5.74) is 0. The Hall–Kier alpha value is -1.32. The van der Waals surface area contributed by atoms with Gasteiger partial charge in [-0.05, 0) is 12.0 Å². The van der Waals surface area contributed by atoms with Gasteiger partial charge < -0.3 is 10.4 Å². The summed E-state index contributed by atoms with van der Waals surface area (Å²) < 4.78 is 0. The van der Waals surface area contributed by atoms with Crippen LogP contribution in [0, 0.1) is 5.92 Å². The molecule has 0 aromatic carbocycles. The van der Waals surface area contributed by atoms with E-state index in [1.54, 1.807) is 6.92 Å². The number of nitrogens with one attached hydrogen (secondary N) is 1. The van der Waals surface area contributed by atoms with Crippen LogP contribution in [0.3, 0.4) is 0 Å². The van der Waals surface area contributed by atoms with Gasteiger partial charge >= 0.3 is 5.97 Å². The monoisotopic (exact) mass is 171 g/mol. The molecule has 0 aromatic rings. The van der Waals surface area contributed by atoms with Crippen LogP contribution in [0.15, 0.2) is 12.7 Å². The average molecular weight is 171 g/mol. The molecule has 0 saturated heterocycles. The van der Waals surface area contributed by atoms with Crippen molar-refractivity contribution in [1.82, 2.24) is 5.32 Å². The van der Waals surface area contributed by atoms with Crippen LogP contribution in [0.4, 0.5) is 0 Å². The number of carbonyl (C=O) groups excluding carboxylic acids is 1. The van der Waals surface area contributed by atoms with Crippen molar-refractivity contribution in [2.24, 2.45) is 5.92 Å². The molecule has 4 nitrogen and oxygen atoms in total. The summed E-state index contributed by atoms with van der Waals surface area (Å²) in [4.78, 5) is 20.8. The molecule has 68 valence electrons. The summed E-state index contributed by atoms with van der Waals surface area (Å²) >= 11 is 0. The summed E-state index contributed by atoms with van der Waals surface area (Å²) in [5, 5.41) is 10.9. The second-order valence-electron chi connectivity index (χ2n) is 2.65. The van der Waals surface area contributed by atoms with Gasteiger partial charge in [-0.25, -0.2) is 0 Å². The molecule has 0 rings (SSSR count). The third kappa shape index (κ3) is 5.46. The highest BCUT2D eigenvalue weighted by Gasteiger charge is 2.07. The van der Waals surface area contributed by atoms with Crippen LogP contribution in [0.2, 0.25) is 0 Å². The fourth-order valence-corrected chi connectivity index (χ4v) is 0.717. The molecular weight excluding hydrogens is 158 g/mol. The van der Waals surface area contributed by atoms with Crippen molar-refractivity contribution in [3.05, 3.63) is 12.7 Å². The Balaban J connectivity index is 3.56. The summed E-state index contributed by atoms with van der Waals surface area (Å²) in [6.07, 6.45) is 1.23. The number of hydrogen-bond acceptors (Lipinski definition) is 2. The Morgan fingerprint density at radius 1 is 1.67 bits per heavy atom. The highest BCUT2D eigenvalue weighted by atomic mass is 16.4. The van der Waals surface area contributed by atoms with Crippen LogP contribution in [-0.4, -0.2) is 23.5 Å². The van der Waals surface area contributed by atoms with E-state index in [2.05, 4.69) is 11.9 Å². The van der Waals surface area contributed by atoms with Crippen LogP contribution in [-0.2, 0) is 9.59 Å². The first-order valence-electron chi connectivity index (χ1n) is 3.68. The normalized spacial score (nSPS) is 11.8. The van der Waals surface area contributed by atoms with Gasteiger partial charge in [-0.2, -0.15) is 0 Å². The van der Waals surface area contributed by atoms with Gasteiger partial charge in [0.1, 0.15) is 0 Å². The Bertz CT molecular complexity index is 189. The molecule has 2 N–H and O–H groups in total. The minimum Gasteiger partial charge on any atom is -0.481 e. The number of carbonyl (C=O) groups is 2. The SMILES string of the molecule is C=CC(=O)NCC(C)CC(=O)O. The molecule has 1 amide bonds. The third-order valence-corrected chi connectivity index (χ3v) is 1.33. The van der Waals surface area contributed by atoms with Crippen molar-refractivity contribution >= 4 is 11.9 Å². The van der Waals surface area contributed by atoms with E-state index in [9.17, 15) is 9.59 Å². The molecule has 0 aliphatic heterocycles. The number of carboxylic acid groups (broad SMARTS) is 1. The maximum Gasteiger partial charge on any atom is 0.303 e. The van der Waals surface area contributed by atoms with Crippen molar-refractivity contribution in [3.8, 4) is 0 Å². The molecule has 0 radical (unpaired) electrons. The van der Waals surface area contributed by atoms with Crippen molar-refractivity contribution in [1.29, 1.82) is 0 Å². The number of hydrogen-bond donors (Lipinski definition) is 2. The number of rotatable bonds is 5. The van der Waals surface area contributed by atoms with Crippen LogP contribution in [0.1, 0.15) is 13.3 Å². The van der Waals surface area contributed by atoms with E-state index in [1.807, 2.05) is 0 Å². The van der Waals surface area contributed by atoms with Crippen molar-refractivity contribution in [3.63, 3.8) is 0 Å². The lowest BCUT2D eigenvalue weighted by molar-refractivity contribution is -0.138. The highest BCUT2D eigenvalue weighted by molar-refractivity contribution is 5.86. The maximum atomic E-state index is 10.6. The Labute approximate surface area is 71.3 Å².